The third kappa shape index (κ3) is 4.93. The number of methoxy groups -OCH3 is 2. The molecule has 0 unspecified atom stereocenters. The molecule has 0 saturated heterocycles. The third-order valence-electron chi connectivity index (χ3n) is 6.23. The van der Waals surface area contributed by atoms with Crippen LogP contribution in [0.3, 0.4) is 0 Å². The van der Waals surface area contributed by atoms with Crippen molar-refractivity contribution in [2.45, 2.75) is 57.9 Å². The Morgan fingerprint density at radius 2 is 1.82 bits per heavy atom. The van der Waals surface area contributed by atoms with E-state index in [0.717, 1.165) is 17.5 Å². The van der Waals surface area contributed by atoms with Crippen LogP contribution in [0.25, 0.3) is 0 Å². The highest BCUT2D eigenvalue weighted by molar-refractivity contribution is 5.78. The molecule has 7 heteroatoms. The van der Waals surface area contributed by atoms with Crippen molar-refractivity contribution in [3.8, 4) is 11.5 Å². The maximum absolute atomic E-state index is 13.4. The van der Waals surface area contributed by atoms with Crippen molar-refractivity contribution >= 4 is 5.91 Å². The van der Waals surface area contributed by atoms with Gasteiger partial charge in [0.25, 0.3) is 0 Å². The SMILES string of the molecule is COc1cc2c(cc1OC)[C@@H](c1ccccc1)N(C(=O)CCCc1nc(C(C)(C)C)no1)CC2. The lowest BCUT2D eigenvalue weighted by Gasteiger charge is -2.38. The van der Waals surface area contributed by atoms with E-state index >= 15 is 0 Å². The fraction of sp³-hybridized carbons (Fsp3) is 0.444. The summed E-state index contributed by atoms with van der Waals surface area (Å²) in [6.07, 6.45) is 2.42. The minimum atomic E-state index is -0.173. The first-order valence-corrected chi connectivity index (χ1v) is 11.7. The molecule has 0 fully saturated rings. The molecule has 4 rings (SSSR count). The lowest BCUT2D eigenvalue weighted by atomic mass is 9.87. The van der Waals surface area contributed by atoms with Crippen LogP contribution in [0.15, 0.2) is 47.0 Å². The van der Waals surface area contributed by atoms with Gasteiger partial charge in [-0.05, 0) is 41.7 Å². The number of rotatable bonds is 7. The van der Waals surface area contributed by atoms with Gasteiger partial charge in [-0.25, -0.2) is 0 Å². The second-order valence-electron chi connectivity index (χ2n) is 9.67. The largest absolute Gasteiger partial charge is 0.493 e. The Morgan fingerprint density at radius 1 is 1.12 bits per heavy atom. The summed E-state index contributed by atoms with van der Waals surface area (Å²) in [6.45, 7) is 6.80. The first-order valence-electron chi connectivity index (χ1n) is 11.7. The van der Waals surface area contributed by atoms with Gasteiger partial charge in [0.05, 0.1) is 20.3 Å². The number of carbonyl (C=O) groups excluding carboxylic acids is 1. The molecular formula is C27H33N3O4. The molecular weight excluding hydrogens is 430 g/mol. The normalized spacial score (nSPS) is 15.7. The lowest BCUT2D eigenvalue weighted by molar-refractivity contribution is -0.133. The van der Waals surface area contributed by atoms with Crippen molar-refractivity contribution < 1.29 is 18.8 Å². The van der Waals surface area contributed by atoms with E-state index in [-0.39, 0.29) is 17.4 Å². The number of fused-ring (bicyclic) bond motifs is 1. The molecule has 34 heavy (non-hydrogen) atoms. The van der Waals surface area contributed by atoms with Gasteiger partial charge in [-0.1, -0.05) is 56.3 Å². The Hall–Kier alpha value is -3.35. The van der Waals surface area contributed by atoms with Gasteiger partial charge in [-0.2, -0.15) is 4.98 Å². The van der Waals surface area contributed by atoms with Crippen molar-refractivity contribution in [2.75, 3.05) is 20.8 Å². The molecule has 1 aliphatic heterocycles. The fourth-order valence-electron chi connectivity index (χ4n) is 4.40. The predicted molar refractivity (Wildman–Crippen MR) is 129 cm³/mol. The minimum Gasteiger partial charge on any atom is -0.493 e. The smallest absolute Gasteiger partial charge is 0.226 e. The van der Waals surface area contributed by atoms with E-state index in [1.165, 1.54) is 5.56 Å². The highest BCUT2D eigenvalue weighted by Crippen LogP contribution is 2.41. The summed E-state index contributed by atoms with van der Waals surface area (Å²) in [5.41, 5.74) is 3.17. The van der Waals surface area contributed by atoms with Crippen LogP contribution in [0.5, 0.6) is 11.5 Å². The molecule has 0 aliphatic carbocycles. The molecule has 1 amide bonds. The van der Waals surface area contributed by atoms with Crippen molar-refractivity contribution in [2.24, 2.45) is 0 Å². The van der Waals surface area contributed by atoms with Crippen LogP contribution >= 0.6 is 0 Å². The number of hydrogen-bond acceptors (Lipinski definition) is 6. The van der Waals surface area contributed by atoms with Gasteiger partial charge in [0, 0.05) is 24.8 Å². The molecule has 0 radical (unpaired) electrons. The third-order valence-corrected chi connectivity index (χ3v) is 6.23. The minimum absolute atomic E-state index is 0.116. The Morgan fingerprint density at radius 3 is 2.47 bits per heavy atom. The van der Waals surface area contributed by atoms with Crippen LogP contribution in [0.1, 0.15) is 68.1 Å². The molecule has 1 aromatic heterocycles. The summed E-state index contributed by atoms with van der Waals surface area (Å²) in [6, 6.07) is 14.0. The maximum Gasteiger partial charge on any atom is 0.226 e. The molecule has 0 bridgehead atoms. The van der Waals surface area contributed by atoms with Crippen molar-refractivity contribution in [3.05, 3.63) is 70.9 Å². The maximum atomic E-state index is 13.4. The molecule has 0 spiro atoms. The summed E-state index contributed by atoms with van der Waals surface area (Å²) in [5, 5.41) is 4.08. The Labute approximate surface area is 201 Å². The molecule has 2 heterocycles. The molecule has 180 valence electrons. The predicted octanol–water partition coefficient (Wildman–Crippen LogP) is 4.88. The molecule has 2 aromatic carbocycles. The number of aromatic nitrogens is 2. The Kier molecular flexibility index (Phi) is 6.91. The van der Waals surface area contributed by atoms with E-state index < -0.39 is 0 Å². The molecule has 3 aromatic rings. The van der Waals surface area contributed by atoms with E-state index in [1.54, 1.807) is 14.2 Å². The zero-order valence-electron chi connectivity index (χ0n) is 20.6. The van der Waals surface area contributed by atoms with Gasteiger partial charge in [-0.15, -0.1) is 0 Å². The number of carbonyl (C=O) groups is 1. The first kappa shape index (κ1) is 23.8. The lowest BCUT2D eigenvalue weighted by Crippen LogP contribution is -2.40. The van der Waals surface area contributed by atoms with E-state index in [2.05, 4.69) is 22.3 Å². The monoisotopic (exact) mass is 463 g/mol. The van der Waals surface area contributed by atoms with Crippen molar-refractivity contribution in [1.29, 1.82) is 0 Å². The van der Waals surface area contributed by atoms with Gasteiger partial charge in [0.1, 0.15) is 0 Å². The first-order chi connectivity index (χ1) is 16.3. The Balaban J connectivity index is 1.54. The van der Waals surface area contributed by atoms with E-state index in [4.69, 9.17) is 14.0 Å². The standard InChI is InChI=1S/C27H33N3O4/c1-27(2,3)26-28-23(34-29-26)12-9-13-24(31)30-15-14-19-16-21(32-4)22(33-5)17-20(19)25(30)18-10-7-6-8-11-18/h6-8,10-11,16-17,25H,9,12-15H2,1-5H3/t25-/m1/s1. The molecule has 7 nitrogen and oxygen atoms in total. The fourth-order valence-corrected chi connectivity index (χ4v) is 4.40. The number of amides is 1. The van der Waals surface area contributed by atoms with Crippen LogP contribution in [0.4, 0.5) is 0 Å². The zero-order valence-corrected chi connectivity index (χ0v) is 20.6. The highest BCUT2D eigenvalue weighted by atomic mass is 16.5. The average molecular weight is 464 g/mol. The van der Waals surface area contributed by atoms with Gasteiger partial charge < -0.3 is 18.9 Å². The topological polar surface area (TPSA) is 77.7 Å². The average Bonchev–Trinajstić information content (AvgIpc) is 3.32. The number of benzene rings is 2. The van der Waals surface area contributed by atoms with Crippen molar-refractivity contribution in [3.63, 3.8) is 0 Å². The molecule has 1 atom stereocenters. The van der Waals surface area contributed by atoms with E-state index in [9.17, 15) is 4.79 Å². The van der Waals surface area contributed by atoms with Crippen LogP contribution < -0.4 is 9.47 Å². The number of ether oxygens (including phenoxy) is 2. The summed E-state index contributed by atoms with van der Waals surface area (Å²) < 4.78 is 16.5. The molecule has 0 saturated carbocycles. The Bertz CT molecular complexity index is 1130. The summed E-state index contributed by atoms with van der Waals surface area (Å²) in [7, 11) is 3.28. The van der Waals surface area contributed by atoms with E-state index in [1.807, 2.05) is 56.0 Å². The van der Waals surface area contributed by atoms with Gasteiger partial charge in [0.15, 0.2) is 17.3 Å². The van der Waals surface area contributed by atoms with Gasteiger partial charge in [-0.3, -0.25) is 4.79 Å². The van der Waals surface area contributed by atoms with Gasteiger partial charge >= 0.3 is 0 Å². The molecule has 0 N–H and O–H groups in total. The van der Waals surface area contributed by atoms with Crippen molar-refractivity contribution in [1.82, 2.24) is 15.0 Å². The quantitative estimate of drug-likeness (QED) is 0.497. The summed E-state index contributed by atoms with van der Waals surface area (Å²) in [4.78, 5) is 19.9. The van der Waals surface area contributed by atoms with Crippen LogP contribution in [0, 0.1) is 0 Å². The zero-order chi connectivity index (χ0) is 24.3. The van der Waals surface area contributed by atoms with E-state index in [0.29, 0.717) is 49.0 Å². The number of hydrogen-bond donors (Lipinski definition) is 0. The number of nitrogens with zero attached hydrogens (tertiary/aromatic N) is 3. The summed E-state index contributed by atoms with van der Waals surface area (Å²) >= 11 is 0. The van der Waals surface area contributed by atoms with Crippen LogP contribution in [-0.4, -0.2) is 41.7 Å². The summed E-state index contributed by atoms with van der Waals surface area (Å²) in [5.74, 6) is 2.77. The van der Waals surface area contributed by atoms with Crippen LogP contribution in [0.2, 0.25) is 0 Å². The number of aryl methyl sites for hydroxylation is 1. The second-order valence-corrected chi connectivity index (χ2v) is 9.67. The van der Waals surface area contributed by atoms with Crippen LogP contribution in [-0.2, 0) is 23.1 Å². The highest BCUT2D eigenvalue weighted by Gasteiger charge is 2.33. The second kappa shape index (κ2) is 9.87. The molecule has 1 aliphatic rings. The van der Waals surface area contributed by atoms with Gasteiger partial charge in [0.2, 0.25) is 11.8 Å².